The van der Waals surface area contributed by atoms with E-state index in [-0.39, 0.29) is 5.91 Å². The number of nitrogens with one attached hydrogen (secondary N) is 2. The van der Waals surface area contributed by atoms with Gasteiger partial charge in [0.15, 0.2) is 5.69 Å². The third-order valence-electron chi connectivity index (χ3n) is 2.63. The lowest BCUT2D eigenvalue weighted by Crippen LogP contribution is -2.26. The summed E-state index contributed by atoms with van der Waals surface area (Å²) in [6, 6.07) is 1.76. The van der Waals surface area contributed by atoms with E-state index < -0.39 is 0 Å². The van der Waals surface area contributed by atoms with Crippen LogP contribution < -0.4 is 10.6 Å². The van der Waals surface area contributed by atoms with Crippen molar-refractivity contribution >= 4 is 5.91 Å². The number of nitrogens with zero attached hydrogens (tertiary/aromatic N) is 1. The van der Waals surface area contributed by atoms with Crippen molar-refractivity contribution in [1.82, 2.24) is 15.8 Å². The third kappa shape index (κ3) is 2.82. The molecule has 5 heteroatoms. The summed E-state index contributed by atoms with van der Waals surface area (Å²) in [4.78, 5) is 11.6. The molecule has 1 saturated carbocycles. The van der Waals surface area contributed by atoms with Gasteiger partial charge in [-0.1, -0.05) is 5.16 Å². The number of aromatic nitrogens is 1. The molecule has 2 rings (SSSR count). The van der Waals surface area contributed by atoms with Crippen LogP contribution in [0.15, 0.2) is 10.6 Å². The predicted molar refractivity (Wildman–Crippen MR) is 59.4 cm³/mol. The van der Waals surface area contributed by atoms with Gasteiger partial charge in [0, 0.05) is 18.5 Å². The van der Waals surface area contributed by atoms with Crippen molar-refractivity contribution in [2.24, 2.45) is 0 Å². The van der Waals surface area contributed by atoms with Crippen LogP contribution in [0.4, 0.5) is 0 Å². The normalized spacial score (nSPS) is 15.1. The smallest absolute Gasteiger partial charge is 0.273 e. The molecule has 0 bridgehead atoms. The van der Waals surface area contributed by atoms with Crippen LogP contribution in [0.2, 0.25) is 0 Å². The summed E-state index contributed by atoms with van der Waals surface area (Å²) in [7, 11) is 1.89. The lowest BCUT2D eigenvalue weighted by atomic mass is 10.3. The van der Waals surface area contributed by atoms with Gasteiger partial charge in [0.25, 0.3) is 5.91 Å². The van der Waals surface area contributed by atoms with Gasteiger partial charge in [0.2, 0.25) is 0 Å². The van der Waals surface area contributed by atoms with Gasteiger partial charge in [-0.3, -0.25) is 4.79 Å². The van der Waals surface area contributed by atoms with Gasteiger partial charge < -0.3 is 15.2 Å². The average Bonchev–Trinajstić information content (AvgIpc) is 3.02. The van der Waals surface area contributed by atoms with Crippen LogP contribution in [0, 0.1) is 0 Å². The van der Waals surface area contributed by atoms with Crippen LogP contribution in [-0.4, -0.2) is 31.2 Å². The number of amides is 1. The molecule has 0 atom stereocenters. The summed E-state index contributed by atoms with van der Waals surface area (Å²) < 4.78 is 5.11. The average molecular weight is 223 g/mol. The lowest BCUT2D eigenvalue weighted by molar-refractivity contribution is 0.0944. The first-order chi connectivity index (χ1) is 7.81. The van der Waals surface area contributed by atoms with Crippen molar-refractivity contribution in [2.75, 3.05) is 20.1 Å². The lowest BCUT2D eigenvalue weighted by Gasteiger charge is -2.01. The molecule has 0 aromatic carbocycles. The molecule has 1 fully saturated rings. The molecule has 1 aromatic heterocycles. The molecule has 0 saturated heterocycles. The van der Waals surface area contributed by atoms with Gasteiger partial charge in [-0.15, -0.1) is 0 Å². The standard InChI is InChI=1S/C11H17N3O2/c1-12-5-2-6-13-11(15)9-7-10(16-14-9)8-3-4-8/h7-8,12H,2-6H2,1H3,(H,13,15). The van der Waals surface area contributed by atoms with Crippen molar-refractivity contribution in [3.8, 4) is 0 Å². The Kier molecular flexibility index (Phi) is 3.56. The number of rotatable bonds is 6. The number of hydrogen-bond donors (Lipinski definition) is 2. The van der Waals surface area contributed by atoms with Crippen molar-refractivity contribution in [3.05, 3.63) is 17.5 Å². The monoisotopic (exact) mass is 223 g/mol. The van der Waals surface area contributed by atoms with Crippen LogP contribution in [0.1, 0.15) is 41.4 Å². The van der Waals surface area contributed by atoms with Crippen molar-refractivity contribution in [2.45, 2.75) is 25.2 Å². The zero-order valence-corrected chi connectivity index (χ0v) is 9.45. The summed E-state index contributed by atoms with van der Waals surface area (Å²) in [6.07, 6.45) is 3.21. The summed E-state index contributed by atoms with van der Waals surface area (Å²) in [5.41, 5.74) is 0.395. The Balaban J connectivity index is 1.78. The van der Waals surface area contributed by atoms with E-state index >= 15 is 0 Å². The van der Waals surface area contributed by atoms with Crippen LogP contribution >= 0.6 is 0 Å². The van der Waals surface area contributed by atoms with E-state index in [1.54, 1.807) is 6.07 Å². The van der Waals surface area contributed by atoms with E-state index in [9.17, 15) is 4.79 Å². The molecule has 0 spiro atoms. The van der Waals surface area contributed by atoms with E-state index in [4.69, 9.17) is 4.52 Å². The van der Waals surface area contributed by atoms with Crippen LogP contribution in [-0.2, 0) is 0 Å². The highest BCUT2D eigenvalue weighted by Gasteiger charge is 2.28. The fourth-order valence-corrected chi connectivity index (χ4v) is 1.51. The Morgan fingerprint density at radius 3 is 3.06 bits per heavy atom. The van der Waals surface area contributed by atoms with Crippen LogP contribution in [0.3, 0.4) is 0 Å². The summed E-state index contributed by atoms with van der Waals surface area (Å²) >= 11 is 0. The first-order valence-electron chi connectivity index (χ1n) is 5.70. The maximum atomic E-state index is 11.6. The van der Waals surface area contributed by atoms with E-state index in [1.165, 1.54) is 0 Å². The largest absolute Gasteiger partial charge is 0.360 e. The minimum Gasteiger partial charge on any atom is -0.360 e. The van der Waals surface area contributed by atoms with E-state index in [2.05, 4.69) is 15.8 Å². The Labute approximate surface area is 94.6 Å². The Morgan fingerprint density at radius 2 is 2.38 bits per heavy atom. The molecule has 2 N–H and O–H groups in total. The molecule has 5 nitrogen and oxygen atoms in total. The van der Waals surface area contributed by atoms with Gasteiger partial charge in [-0.2, -0.15) is 0 Å². The second kappa shape index (κ2) is 5.12. The molecular formula is C11H17N3O2. The van der Waals surface area contributed by atoms with E-state index in [0.717, 1.165) is 31.6 Å². The second-order valence-corrected chi connectivity index (χ2v) is 4.10. The molecule has 1 amide bonds. The molecule has 1 aliphatic carbocycles. The zero-order chi connectivity index (χ0) is 11.4. The predicted octanol–water partition coefficient (Wildman–Crippen LogP) is 0.891. The van der Waals surface area contributed by atoms with E-state index in [0.29, 0.717) is 18.2 Å². The fourth-order valence-electron chi connectivity index (χ4n) is 1.51. The molecule has 0 aliphatic heterocycles. The first kappa shape index (κ1) is 11.1. The van der Waals surface area contributed by atoms with Crippen LogP contribution in [0.25, 0.3) is 0 Å². The van der Waals surface area contributed by atoms with Crippen molar-refractivity contribution < 1.29 is 9.32 Å². The minimum absolute atomic E-state index is 0.147. The maximum absolute atomic E-state index is 11.6. The van der Waals surface area contributed by atoms with Gasteiger partial charge in [-0.25, -0.2) is 0 Å². The highest BCUT2D eigenvalue weighted by Crippen LogP contribution is 2.40. The highest BCUT2D eigenvalue weighted by molar-refractivity contribution is 5.92. The highest BCUT2D eigenvalue weighted by atomic mass is 16.5. The Morgan fingerprint density at radius 1 is 1.56 bits per heavy atom. The second-order valence-electron chi connectivity index (χ2n) is 4.10. The summed E-state index contributed by atoms with van der Waals surface area (Å²) in [6.45, 7) is 1.55. The Hall–Kier alpha value is -1.36. The number of hydrogen-bond acceptors (Lipinski definition) is 4. The maximum Gasteiger partial charge on any atom is 0.273 e. The molecule has 16 heavy (non-hydrogen) atoms. The first-order valence-corrected chi connectivity index (χ1v) is 5.70. The Bertz CT molecular complexity index is 358. The molecular weight excluding hydrogens is 206 g/mol. The quantitative estimate of drug-likeness (QED) is 0.703. The van der Waals surface area contributed by atoms with Gasteiger partial charge in [0.05, 0.1) is 0 Å². The van der Waals surface area contributed by atoms with Gasteiger partial charge in [-0.05, 0) is 32.9 Å². The SMILES string of the molecule is CNCCCNC(=O)c1cc(C2CC2)on1. The number of carbonyl (C=O) groups excluding carboxylic acids is 1. The van der Waals surface area contributed by atoms with Crippen molar-refractivity contribution in [1.29, 1.82) is 0 Å². The third-order valence-corrected chi connectivity index (χ3v) is 2.63. The summed E-state index contributed by atoms with van der Waals surface area (Å²) in [5, 5.41) is 9.60. The topological polar surface area (TPSA) is 67.2 Å². The molecule has 0 radical (unpaired) electrons. The zero-order valence-electron chi connectivity index (χ0n) is 9.45. The fraction of sp³-hybridized carbons (Fsp3) is 0.636. The van der Waals surface area contributed by atoms with Crippen LogP contribution in [0.5, 0.6) is 0 Å². The minimum atomic E-state index is -0.147. The molecule has 0 unspecified atom stereocenters. The van der Waals surface area contributed by atoms with Gasteiger partial charge in [0.1, 0.15) is 5.76 Å². The number of carbonyl (C=O) groups is 1. The molecule has 1 aromatic rings. The molecule has 88 valence electrons. The van der Waals surface area contributed by atoms with Gasteiger partial charge >= 0.3 is 0 Å². The summed E-state index contributed by atoms with van der Waals surface area (Å²) in [5.74, 6) is 1.20. The van der Waals surface area contributed by atoms with E-state index in [1.807, 2.05) is 7.05 Å². The molecule has 1 aliphatic rings. The molecule has 1 heterocycles. The van der Waals surface area contributed by atoms with Crippen molar-refractivity contribution in [3.63, 3.8) is 0 Å².